The van der Waals surface area contributed by atoms with Crippen molar-refractivity contribution >= 4 is 15.9 Å². The van der Waals surface area contributed by atoms with E-state index >= 15 is 0 Å². The molecule has 2 nitrogen and oxygen atoms in total. The average Bonchev–Trinajstić information content (AvgIpc) is 2.21. The van der Waals surface area contributed by atoms with Gasteiger partial charge in [-0.3, -0.25) is 0 Å². The van der Waals surface area contributed by atoms with Crippen molar-refractivity contribution in [2.45, 2.75) is 25.7 Å². The van der Waals surface area contributed by atoms with E-state index in [9.17, 15) is 0 Å². The van der Waals surface area contributed by atoms with Crippen molar-refractivity contribution in [2.24, 2.45) is 11.7 Å². The van der Waals surface area contributed by atoms with Crippen molar-refractivity contribution in [2.75, 3.05) is 13.2 Å². The van der Waals surface area contributed by atoms with Gasteiger partial charge in [0.2, 0.25) is 0 Å². The Bertz CT molecular complexity index is 350. The van der Waals surface area contributed by atoms with E-state index in [1.165, 1.54) is 24.8 Å². The number of halogens is 1. The van der Waals surface area contributed by atoms with Crippen LogP contribution in [0.2, 0.25) is 0 Å². The van der Waals surface area contributed by atoms with Gasteiger partial charge in [0.05, 0.1) is 6.61 Å². The van der Waals surface area contributed by atoms with Gasteiger partial charge in [-0.15, -0.1) is 0 Å². The van der Waals surface area contributed by atoms with Gasteiger partial charge in [0.1, 0.15) is 5.75 Å². The number of hydrogen-bond acceptors (Lipinski definition) is 2. The molecule has 2 rings (SSSR count). The van der Waals surface area contributed by atoms with Crippen LogP contribution in [0.3, 0.4) is 0 Å². The highest BCUT2D eigenvalue weighted by atomic mass is 79.9. The molecule has 0 bridgehead atoms. The van der Waals surface area contributed by atoms with Crippen molar-refractivity contribution in [3.05, 3.63) is 28.2 Å². The van der Waals surface area contributed by atoms with Gasteiger partial charge >= 0.3 is 0 Å². The highest BCUT2D eigenvalue weighted by molar-refractivity contribution is 9.10. The predicted molar refractivity (Wildman–Crippen MR) is 69.7 cm³/mol. The minimum atomic E-state index is 0.671. The standard InChI is InChI=1S/C13H18BrNO/c14-13-5-4-12(8-11(13)6-7-15)16-9-10-2-1-3-10/h4-5,8,10H,1-3,6-7,9,15H2. The Kier molecular flexibility index (Phi) is 4.24. The maximum atomic E-state index is 5.79. The van der Waals surface area contributed by atoms with Gasteiger partial charge in [0, 0.05) is 4.47 Å². The molecule has 2 N–H and O–H groups in total. The summed E-state index contributed by atoms with van der Waals surface area (Å²) in [5, 5.41) is 0. The Morgan fingerprint density at radius 1 is 1.38 bits per heavy atom. The molecule has 0 aromatic heterocycles. The normalized spacial score (nSPS) is 15.9. The van der Waals surface area contributed by atoms with Crippen LogP contribution < -0.4 is 10.5 Å². The first-order valence-electron chi connectivity index (χ1n) is 5.91. The first-order chi connectivity index (χ1) is 7.79. The Morgan fingerprint density at radius 3 is 2.81 bits per heavy atom. The van der Waals surface area contributed by atoms with Crippen molar-refractivity contribution in [3.8, 4) is 5.75 Å². The van der Waals surface area contributed by atoms with Crippen molar-refractivity contribution in [3.63, 3.8) is 0 Å². The van der Waals surface area contributed by atoms with Crippen LogP contribution in [-0.2, 0) is 6.42 Å². The molecule has 1 aliphatic rings. The quantitative estimate of drug-likeness (QED) is 0.901. The second-order valence-corrected chi connectivity index (χ2v) is 5.25. The van der Waals surface area contributed by atoms with Gasteiger partial charge in [0.15, 0.2) is 0 Å². The number of ether oxygens (including phenoxy) is 1. The fraction of sp³-hybridized carbons (Fsp3) is 0.538. The molecule has 0 atom stereocenters. The average molecular weight is 284 g/mol. The van der Waals surface area contributed by atoms with Crippen molar-refractivity contribution < 1.29 is 4.74 Å². The molecule has 1 aromatic carbocycles. The highest BCUT2D eigenvalue weighted by Gasteiger charge is 2.17. The molecule has 0 heterocycles. The molecule has 1 fully saturated rings. The topological polar surface area (TPSA) is 35.2 Å². The van der Waals surface area contributed by atoms with E-state index in [0.717, 1.165) is 29.2 Å². The molecule has 16 heavy (non-hydrogen) atoms. The van der Waals surface area contributed by atoms with E-state index in [1.54, 1.807) is 0 Å². The Labute approximate surface area is 105 Å². The third kappa shape index (κ3) is 2.98. The zero-order valence-electron chi connectivity index (χ0n) is 9.42. The van der Waals surface area contributed by atoms with Gasteiger partial charge < -0.3 is 10.5 Å². The van der Waals surface area contributed by atoms with Crippen LogP contribution in [-0.4, -0.2) is 13.2 Å². The SMILES string of the molecule is NCCc1cc(OCC2CCC2)ccc1Br. The lowest BCUT2D eigenvalue weighted by Gasteiger charge is -2.25. The third-order valence-electron chi connectivity index (χ3n) is 3.14. The largest absolute Gasteiger partial charge is 0.493 e. The fourth-order valence-electron chi connectivity index (χ4n) is 1.86. The van der Waals surface area contributed by atoms with Gasteiger partial charge in [0.25, 0.3) is 0 Å². The van der Waals surface area contributed by atoms with E-state index in [2.05, 4.69) is 22.0 Å². The zero-order chi connectivity index (χ0) is 11.4. The van der Waals surface area contributed by atoms with Crippen LogP contribution in [0.15, 0.2) is 22.7 Å². The van der Waals surface area contributed by atoms with Gasteiger partial charge in [-0.05, 0) is 55.5 Å². The van der Waals surface area contributed by atoms with Crippen LogP contribution in [0.25, 0.3) is 0 Å². The first-order valence-corrected chi connectivity index (χ1v) is 6.70. The van der Waals surface area contributed by atoms with E-state index in [1.807, 2.05) is 12.1 Å². The minimum absolute atomic E-state index is 0.671. The van der Waals surface area contributed by atoms with Gasteiger partial charge in [-0.25, -0.2) is 0 Å². The van der Waals surface area contributed by atoms with Crippen LogP contribution in [0, 0.1) is 5.92 Å². The molecule has 3 heteroatoms. The molecule has 88 valence electrons. The molecular formula is C13H18BrNO. The fourth-order valence-corrected chi connectivity index (χ4v) is 2.31. The molecular weight excluding hydrogens is 266 g/mol. The molecule has 0 radical (unpaired) electrons. The zero-order valence-corrected chi connectivity index (χ0v) is 11.0. The van der Waals surface area contributed by atoms with Crippen LogP contribution >= 0.6 is 15.9 Å². The number of rotatable bonds is 5. The number of hydrogen-bond donors (Lipinski definition) is 1. The lowest BCUT2D eigenvalue weighted by atomic mass is 9.86. The first kappa shape index (κ1) is 11.9. The minimum Gasteiger partial charge on any atom is -0.493 e. The predicted octanol–water partition coefficient (Wildman–Crippen LogP) is 3.13. The molecule has 1 saturated carbocycles. The van der Waals surface area contributed by atoms with Crippen molar-refractivity contribution in [1.29, 1.82) is 0 Å². The van der Waals surface area contributed by atoms with Gasteiger partial charge in [-0.1, -0.05) is 22.4 Å². The maximum Gasteiger partial charge on any atom is 0.119 e. The third-order valence-corrected chi connectivity index (χ3v) is 3.91. The Balaban J connectivity index is 1.94. The summed E-state index contributed by atoms with van der Waals surface area (Å²) < 4.78 is 6.91. The van der Waals surface area contributed by atoms with Gasteiger partial charge in [-0.2, -0.15) is 0 Å². The van der Waals surface area contributed by atoms with Crippen LogP contribution in [0.4, 0.5) is 0 Å². The molecule has 0 unspecified atom stereocenters. The number of benzene rings is 1. The van der Waals surface area contributed by atoms with Crippen LogP contribution in [0.1, 0.15) is 24.8 Å². The monoisotopic (exact) mass is 283 g/mol. The molecule has 1 aliphatic carbocycles. The van der Waals surface area contributed by atoms with E-state index in [0.29, 0.717) is 6.54 Å². The summed E-state index contributed by atoms with van der Waals surface area (Å²) in [6.45, 7) is 1.54. The summed E-state index contributed by atoms with van der Waals surface area (Å²) >= 11 is 3.53. The summed E-state index contributed by atoms with van der Waals surface area (Å²) in [7, 11) is 0. The lowest BCUT2D eigenvalue weighted by molar-refractivity contribution is 0.180. The molecule has 0 aliphatic heterocycles. The summed E-state index contributed by atoms with van der Waals surface area (Å²) in [5.74, 6) is 1.75. The summed E-state index contributed by atoms with van der Waals surface area (Å²) in [4.78, 5) is 0. The van der Waals surface area contributed by atoms with E-state index in [-0.39, 0.29) is 0 Å². The van der Waals surface area contributed by atoms with E-state index in [4.69, 9.17) is 10.5 Å². The lowest BCUT2D eigenvalue weighted by Crippen LogP contribution is -2.19. The molecule has 0 spiro atoms. The highest BCUT2D eigenvalue weighted by Crippen LogP contribution is 2.28. The second-order valence-electron chi connectivity index (χ2n) is 4.40. The Morgan fingerprint density at radius 2 is 2.19 bits per heavy atom. The van der Waals surface area contributed by atoms with E-state index < -0.39 is 0 Å². The molecule has 0 saturated heterocycles. The molecule has 1 aromatic rings. The molecule has 0 amide bonds. The maximum absolute atomic E-state index is 5.79. The summed E-state index contributed by atoms with van der Waals surface area (Å²) in [6, 6.07) is 6.15. The summed E-state index contributed by atoms with van der Waals surface area (Å²) in [5.41, 5.74) is 6.80. The Hall–Kier alpha value is -0.540. The smallest absolute Gasteiger partial charge is 0.119 e. The second kappa shape index (κ2) is 5.69. The summed E-state index contributed by atoms with van der Waals surface area (Å²) in [6.07, 6.45) is 4.91. The van der Waals surface area contributed by atoms with Crippen LogP contribution in [0.5, 0.6) is 5.75 Å². The number of nitrogens with two attached hydrogens (primary N) is 1. The van der Waals surface area contributed by atoms with Crippen molar-refractivity contribution in [1.82, 2.24) is 0 Å².